The first-order valence-corrected chi connectivity index (χ1v) is 6.78. The molecular weight excluding hydrogens is 270 g/mol. The Morgan fingerprint density at radius 3 is 2.67 bits per heavy atom. The van der Waals surface area contributed by atoms with Crippen LogP contribution >= 0.6 is 23.1 Å². The van der Waals surface area contributed by atoms with E-state index in [1.54, 1.807) is 0 Å². The molecule has 0 amide bonds. The van der Waals surface area contributed by atoms with E-state index in [1.807, 2.05) is 30.3 Å². The highest BCUT2D eigenvalue weighted by Crippen LogP contribution is 2.37. The van der Waals surface area contributed by atoms with Gasteiger partial charge in [0.1, 0.15) is 5.25 Å². The molecule has 7 heteroatoms. The molecule has 0 radical (unpaired) electrons. The van der Waals surface area contributed by atoms with Crippen LogP contribution in [0.25, 0.3) is 0 Å². The van der Waals surface area contributed by atoms with Gasteiger partial charge in [0.25, 0.3) is 0 Å². The molecule has 1 atom stereocenters. The van der Waals surface area contributed by atoms with Crippen molar-refractivity contribution in [3.63, 3.8) is 0 Å². The predicted octanol–water partition coefficient (Wildman–Crippen LogP) is 2.13. The van der Waals surface area contributed by atoms with Crippen molar-refractivity contribution in [1.29, 1.82) is 0 Å². The maximum absolute atomic E-state index is 11.8. The predicted molar refractivity (Wildman–Crippen MR) is 71.4 cm³/mol. The van der Waals surface area contributed by atoms with E-state index in [1.165, 1.54) is 30.2 Å². The molecule has 2 rings (SSSR count). The number of carbonyl (C=O) groups is 1. The fourth-order valence-corrected chi connectivity index (χ4v) is 3.21. The number of nitrogen functional groups attached to an aromatic ring is 1. The number of aromatic nitrogens is 2. The number of rotatable bonds is 4. The number of carbonyl (C=O) groups excluding carboxylic acids is 1. The van der Waals surface area contributed by atoms with Crippen molar-refractivity contribution >= 4 is 34.2 Å². The molecule has 0 fully saturated rings. The van der Waals surface area contributed by atoms with Crippen LogP contribution in [0.15, 0.2) is 34.7 Å². The molecule has 2 N–H and O–H groups in total. The van der Waals surface area contributed by atoms with Gasteiger partial charge in [-0.15, -0.1) is 10.2 Å². The summed E-state index contributed by atoms with van der Waals surface area (Å²) in [5.74, 6) is -0.319. The highest BCUT2D eigenvalue weighted by Gasteiger charge is 2.24. The third kappa shape index (κ3) is 2.99. The second kappa shape index (κ2) is 5.83. The van der Waals surface area contributed by atoms with Gasteiger partial charge in [0.2, 0.25) is 5.13 Å². The summed E-state index contributed by atoms with van der Waals surface area (Å²) in [6.45, 7) is 0. The van der Waals surface area contributed by atoms with Crippen molar-refractivity contribution in [1.82, 2.24) is 10.2 Å². The maximum Gasteiger partial charge on any atom is 0.323 e. The van der Waals surface area contributed by atoms with Gasteiger partial charge in [0.15, 0.2) is 4.34 Å². The lowest BCUT2D eigenvalue weighted by Gasteiger charge is -2.12. The Kier molecular flexibility index (Phi) is 4.16. The minimum Gasteiger partial charge on any atom is -0.468 e. The molecule has 0 saturated heterocycles. The van der Waals surface area contributed by atoms with Gasteiger partial charge in [0, 0.05) is 0 Å². The lowest BCUT2D eigenvalue weighted by atomic mass is 10.1. The monoisotopic (exact) mass is 281 g/mol. The number of hydrogen-bond donors (Lipinski definition) is 1. The van der Waals surface area contributed by atoms with Crippen molar-refractivity contribution in [2.24, 2.45) is 0 Å². The highest BCUT2D eigenvalue weighted by atomic mass is 32.2. The minimum atomic E-state index is -0.455. The fraction of sp³-hybridized carbons (Fsp3) is 0.182. The van der Waals surface area contributed by atoms with Crippen LogP contribution in [0.1, 0.15) is 10.8 Å². The Bertz CT molecular complexity index is 530. The first kappa shape index (κ1) is 12.8. The van der Waals surface area contributed by atoms with E-state index in [-0.39, 0.29) is 5.97 Å². The normalized spacial score (nSPS) is 12.1. The zero-order valence-electron chi connectivity index (χ0n) is 9.57. The van der Waals surface area contributed by atoms with Crippen molar-refractivity contribution in [2.45, 2.75) is 9.59 Å². The van der Waals surface area contributed by atoms with E-state index in [4.69, 9.17) is 10.5 Å². The second-order valence-electron chi connectivity index (χ2n) is 3.34. The Morgan fingerprint density at radius 1 is 1.39 bits per heavy atom. The Hall–Kier alpha value is -1.60. The molecule has 0 bridgehead atoms. The standard InChI is InChI=1S/C11H11N3O2S2/c1-16-9(15)8(7-5-3-2-4-6-7)17-11-14-13-10(12)18-11/h2-6,8H,1H3,(H2,12,13). The Labute approximate surface area is 112 Å². The van der Waals surface area contributed by atoms with Gasteiger partial charge < -0.3 is 10.5 Å². The molecule has 18 heavy (non-hydrogen) atoms. The van der Waals surface area contributed by atoms with Crippen molar-refractivity contribution in [2.75, 3.05) is 12.8 Å². The van der Waals surface area contributed by atoms with Crippen LogP contribution in [0.4, 0.5) is 5.13 Å². The van der Waals surface area contributed by atoms with Crippen LogP contribution in [0.2, 0.25) is 0 Å². The number of hydrogen-bond acceptors (Lipinski definition) is 7. The third-order valence-corrected chi connectivity index (χ3v) is 4.23. The second-order valence-corrected chi connectivity index (χ2v) is 5.70. The van der Waals surface area contributed by atoms with Crippen LogP contribution in [-0.4, -0.2) is 23.3 Å². The number of esters is 1. The van der Waals surface area contributed by atoms with Crippen molar-refractivity contribution < 1.29 is 9.53 Å². The van der Waals surface area contributed by atoms with E-state index < -0.39 is 5.25 Å². The van der Waals surface area contributed by atoms with Crippen molar-refractivity contribution in [3.8, 4) is 0 Å². The highest BCUT2D eigenvalue weighted by molar-refractivity contribution is 8.01. The number of nitrogens with zero attached hydrogens (tertiary/aromatic N) is 2. The van der Waals surface area contributed by atoms with Gasteiger partial charge >= 0.3 is 5.97 Å². The van der Waals surface area contributed by atoms with Gasteiger partial charge in [0.05, 0.1) is 7.11 Å². The average Bonchev–Trinajstić information content (AvgIpc) is 2.82. The van der Waals surface area contributed by atoms with Crippen LogP contribution in [0, 0.1) is 0 Å². The molecule has 0 aliphatic carbocycles. The summed E-state index contributed by atoms with van der Waals surface area (Å²) in [6.07, 6.45) is 0. The SMILES string of the molecule is COC(=O)C(Sc1nnc(N)s1)c1ccccc1. The Balaban J connectivity index is 2.24. The molecule has 0 aliphatic rings. The van der Waals surface area contributed by atoms with E-state index in [0.717, 1.165) is 5.56 Å². The molecule has 94 valence electrons. The van der Waals surface area contributed by atoms with E-state index in [0.29, 0.717) is 9.47 Å². The summed E-state index contributed by atoms with van der Waals surface area (Å²) in [4.78, 5) is 11.8. The van der Waals surface area contributed by atoms with Gasteiger partial charge in [-0.2, -0.15) is 0 Å². The smallest absolute Gasteiger partial charge is 0.323 e. The maximum atomic E-state index is 11.8. The number of methoxy groups -OCH3 is 1. The van der Waals surface area contributed by atoms with Gasteiger partial charge in [-0.05, 0) is 5.56 Å². The zero-order valence-corrected chi connectivity index (χ0v) is 11.2. The summed E-state index contributed by atoms with van der Waals surface area (Å²) in [5.41, 5.74) is 6.38. The molecule has 1 aromatic heterocycles. The lowest BCUT2D eigenvalue weighted by Crippen LogP contribution is -2.10. The summed E-state index contributed by atoms with van der Waals surface area (Å²) in [6, 6.07) is 9.39. The number of anilines is 1. The average molecular weight is 281 g/mol. The number of benzene rings is 1. The largest absolute Gasteiger partial charge is 0.468 e. The van der Waals surface area contributed by atoms with Gasteiger partial charge in [-0.3, -0.25) is 4.79 Å². The molecule has 1 aromatic carbocycles. The van der Waals surface area contributed by atoms with Crippen LogP contribution < -0.4 is 5.73 Å². The molecule has 2 aromatic rings. The van der Waals surface area contributed by atoms with Crippen LogP contribution in [0.5, 0.6) is 0 Å². The van der Waals surface area contributed by atoms with Crippen LogP contribution in [0.3, 0.4) is 0 Å². The summed E-state index contributed by atoms with van der Waals surface area (Å²) in [7, 11) is 1.37. The van der Waals surface area contributed by atoms with Gasteiger partial charge in [-0.25, -0.2) is 0 Å². The molecule has 0 saturated carbocycles. The first-order valence-electron chi connectivity index (χ1n) is 5.09. The molecule has 5 nitrogen and oxygen atoms in total. The summed E-state index contributed by atoms with van der Waals surface area (Å²) >= 11 is 2.54. The summed E-state index contributed by atoms with van der Waals surface area (Å²) in [5, 5.41) is 7.55. The molecular formula is C11H11N3O2S2. The first-order chi connectivity index (χ1) is 8.70. The van der Waals surface area contributed by atoms with E-state index >= 15 is 0 Å². The fourth-order valence-electron chi connectivity index (χ4n) is 1.36. The zero-order chi connectivity index (χ0) is 13.0. The van der Waals surface area contributed by atoms with Crippen LogP contribution in [-0.2, 0) is 9.53 Å². The lowest BCUT2D eigenvalue weighted by molar-refractivity contribution is -0.140. The molecule has 1 unspecified atom stereocenters. The number of thioether (sulfide) groups is 1. The summed E-state index contributed by atoms with van der Waals surface area (Å²) < 4.78 is 5.46. The molecule has 1 heterocycles. The van der Waals surface area contributed by atoms with Gasteiger partial charge in [-0.1, -0.05) is 53.4 Å². The van der Waals surface area contributed by atoms with E-state index in [2.05, 4.69) is 10.2 Å². The third-order valence-electron chi connectivity index (χ3n) is 2.16. The Morgan fingerprint density at radius 2 is 2.11 bits per heavy atom. The molecule has 0 aliphatic heterocycles. The molecule has 0 spiro atoms. The quantitative estimate of drug-likeness (QED) is 0.683. The minimum absolute atomic E-state index is 0.319. The number of ether oxygens (including phenoxy) is 1. The topological polar surface area (TPSA) is 78.1 Å². The number of nitrogens with two attached hydrogens (primary N) is 1. The van der Waals surface area contributed by atoms with E-state index in [9.17, 15) is 4.79 Å². The van der Waals surface area contributed by atoms with Crippen molar-refractivity contribution in [3.05, 3.63) is 35.9 Å².